The maximum Gasteiger partial charge on any atom is 0.295 e. The molecule has 1 heterocycles. The monoisotopic (exact) mass is 197 g/mol. The van der Waals surface area contributed by atoms with Gasteiger partial charge in [0.15, 0.2) is 0 Å². The fraction of sp³-hybridized carbons (Fsp3) is 0.750. The van der Waals surface area contributed by atoms with Crippen molar-refractivity contribution in [2.45, 2.75) is 20.8 Å². The van der Waals surface area contributed by atoms with E-state index in [-0.39, 0.29) is 17.1 Å². The van der Waals surface area contributed by atoms with Gasteiger partial charge in [0.25, 0.3) is 11.7 Å². The summed E-state index contributed by atoms with van der Waals surface area (Å²) in [6.07, 6.45) is 0. The Balaban J connectivity index is 2.63. The summed E-state index contributed by atoms with van der Waals surface area (Å²) in [6.45, 7) is 6.84. The van der Waals surface area contributed by atoms with Gasteiger partial charge < -0.3 is 4.90 Å². The molecule has 0 unspecified atom stereocenters. The standard InChI is InChI=1S/C8H15N5O/c1-8(2,3)5-13(4)7(14)6-9-11-12-10-6/h5H2,1-4H3,(H,9,10,11,12). The van der Waals surface area contributed by atoms with E-state index in [1.807, 2.05) is 0 Å². The molecule has 0 bridgehead atoms. The van der Waals surface area contributed by atoms with Crippen LogP contribution in [0.15, 0.2) is 0 Å². The van der Waals surface area contributed by atoms with Gasteiger partial charge >= 0.3 is 0 Å². The van der Waals surface area contributed by atoms with Crippen molar-refractivity contribution in [1.29, 1.82) is 0 Å². The average molecular weight is 197 g/mol. The Morgan fingerprint density at radius 3 is 2.57 bits per heavy atom. The Morgan fingerprint density at radius 1 is 1.50 bits per heavy atom. The maximum absolute atomic E-state index is 11.6. The van der Waals surface area contributed by atoms with E-state index in [0.717, 1.165) is 0 Å². The van der Waals surface area contributed by atoms with Gasteiger partial charge in [-0.05, 0) is 10.6 Å². The summed E-state index contributed by atoms with van der Waals surface area (Å²) in [5.41, 5.74) is 0.0636. The summed E-state index contributed by atoms with van der Waals surface area (Å²) in [6, 6.07) is 0. The summed E-state index contributed by atoms with van der Waals surface area (Å²) in [4.78, 5) is 13.2. The SMILES string of the molecule is CN(CC(C)(C)C)C(=O)c1nn[nH]n1. The summed E-state index contributed by atoms with van der Waals surface area (Å²) in [5, 5.41) is 12.8. The highest BCUT2D eigenvalue weighted by molar-refractivity contribution is 5.89. The summed E-state index contributed by atoms with van der Waals surface area (Å²) in [7, 11) is 1.73. The predicted octanol–water partition coefficient (Wildman–Crippen LogP) is 0.318. The average Bonchev–Trinajstić information content (AvgIpc) is 2.51. The van der Waals surface area contributed by atoms with E-state index in [4.69, 9.17) is 0 Å². The van der Waals surface area contributed by atoms with Gasteiger partial charge in [-0.25, -0.2) is 0 Å². The summed E-state index contributed by atoms with van der Waals surface area (Å²) in [5.74, 6) is -0.106. The molecule has 0 aromatic carbocycles. The lowest BCUT2D eigenvalue weighted by molar-refractivity contribution is 0.0733. The Morgan fingerprint density at radius 2 is 2.14 bits per heavy atom. The summed E-state index contributed by atoms with van der Waals surface area (Å²) >= 11 is 0. The van der Waals surface area contributed by atoms with Crippen molar-refractivity contribution in [3.63, 3.8) is 0 Å². The molecule has 0 spiro atoms. The van der Waals surface area contributed by atoms with E-state index in [9.17, 15) is 4.79 Å². The summed E-state index contributed by atoms with van der Waals surface area (Å²) < 4.78 is 0. The van der Waals surface area contributed by atoms with E-state index < -0.39 is 0 Å². The lowest BCUT2D eigenvalue weighted by Gasteiger charge is -2.25. The van der Waals surface area contributed by atoms with Crippen LogP contribution in [0.4, 0.5) is 0 Å². The first-order chi connectivity index (χ1) is 6.40. The molecule has 1 amide bonds. The zero-order valence-corrected chi connectivity index (χ0v) is 8.90. The van der Waals surface area contributed by atoms with Crippen molar-refractivity contribution in [2.75, 3.05) is 13.6 Å². The third-order valence-corrected chi connectivity index (χ3v) is 1.59. The first-order valence-electron chi connectivity index (χ1n) is 4.39. The Labute approximate surface area is 82.7 Å². The van der Waals surface area contributed by atoms with Crippen LogP contribution in [0.5, 0.6) is 0 Å². The predicted molar refractivity (Wildman–Crippen MR) is 50.6 cm³/mol. The van der Waals surface area contributed by atoms with E-state index in [0.29, 0.717) is 6.54 Å². The second kappa shape index (κ2) is 3.73. The van der Waals surface area contributed by atoms with Gasteiger partial charge in [0.2, 0.25) is 0 Å². The number of carbonyl (C=O) groups is 1. The topological polar surface area (TPSA) is 74.8 Å². The number of rotatable bonds is 2. The van der Waals surface area contributed by atoms with Crippen LogP contribution in [0, 0.1) is 5.41 Å². The molecule has 0 atom stereocenters. The molecule has 6 heteroatoms. The molecule has 1 aromatic rings. The van der Waals surface area contributed by atoms with Crippen LogP contribution < -0.4 is 0 Å². The quantitative estimate of drug-likeness (QED) is 0.740. The number of nitrogens with zero attached hydrogens (tertiary/aromatic N) is 4. The first-order valence-corrected chi connectivity index (χ1v) is 4.39. The number of aromatic amines is 1. The Hall–Kier alpha value is -1.46. The Kier molecular flexibility index (Phi) is 2.83. The van der Waals surface area contributed by atoms with E-state index in [1.54, 1.807) is 11.9 Å². The molecule has 0 saturated carbocycles. The fourth-order valence-corrected chi connectivity index (χ4v) is 1.21. The number of amides is 1. The molecule has 0 radical (unpaired) electrons. The van der Waals surface area contributed by atoms with Crippen molar-refractivity contribution in [2.24, 2.45) is 5.41 Å². The van der Waals surface area contributed by atoms with Crippen LogP contribution in [0.2, 0.25) is 0 Å². The normalized spacial score (nSPS) is 11.4. The highest BCUT2D eigenvalue weighted by atomic mass is 16.2. The maximum atomic E-state index is 11.6. The molecule has 0 saturated heterocycles. The smallest absolute Gasteiger partial charge is 0.295 e. The number of hydrogen-bond acceptors (Lipinski definition) is 4. The highest BCUT2D eigenvalue weighted by Gasteiger charge is 2.21. The number of aromatic nitrogens is 4. The highest BCUT2D eigenvalue weighted by Crippen LogP contribution is 2.14. The minimum Gasteiger partial charge on any atom is -0.338 e. The van der Waals surface area contributed by atoms with Crippen molar-refractivity contribution in [1.82, 2.24) is 25.5 Å². The van der Waals surface area contributed by atoms with Gasteiger partial charge in [-0.2, -0.15) is 5.21 Å². The molecule has 0 aliphatic carbocycles. The molecule has 1 aromatic heterocycles. The van der Waals surface area contributed by atoms with Gasteiger partial charge in [0.1, 0.15) is 0 Å². The molecule has 0 aliphatic heterocycles. The molecular weight excluding hydrogens is 182 g/mol. The number of tetrazole rings is 1. The molecule has 14 heavy (non-hydrogen) atoms. The van der Waals surface area contributed by atoms with Crippen LogP contribution >= 0.6 is 0 Å². The molecule has 6 nitrogen and oxygen atoms in total. The zero-order valence-electron chi connectivity index (χ0n) is 8.90. The largest absolute Gasteiger partial charge is 0.338 e. The number of carbonyl (C=O) groups excluding carboxylic acids is 1. The minimum absolute atomic E-state index is 0.0636. The van der Waals surface area contributed by atoms with Gasteiger partial charge in [0, 0.05) is 13.6 Å². The van der Waals surface area contributed by atoms with Gasteiger partial charge in [-0.3, -0.25) is 4.79 Å². The van der Waals surface area contributed by atoms with Crippen molar-refractivity contribution < 1.29 is 4.79 Å². The second-order valence-corrected chi connectivity index (χ2v) is 4.46. The van der Waals surface area contributed by atoms with Crippen LogP contribution in [0.1, 0.15) is 31.4 Å². The number of hydrogen-bond donors (Lipinski definition) is 1. The van der Waals surface area contributed by atoms with E-state index in [1.165, 1.54) is 0 Å². The van der Waals surface area contributed by atoms with Crippen molar-refractivity contribution >= 4 is 5.91 Å². The molecule has 1 N–H and O–H groups in total. The van der Waals surface area contributed by atoms with Crippen molar-refractivity contribution in [3.8, 4) is 0 Å². The third-order valence-electron chi connectivity index (χ3n) is 1.59. The Bertz CT molecular complexity index is 300. The molecule has 0 aliphatic rings. The van der Waals surface area contributed by atoms with E-state index in [2.05, 4.69) is 41.4 Å². The van der Waals surface area contributed by atoms with Crippen LogP contribution in [0.25, 0.3) is 0 Å². The first kappa shape index (κ1) is 10.6. The van der Waals surface area contributed by atoms with Crippen LogP contribution in [-0.2, 0) is 0 Å². The molecule has 1 rings (SSSR count). The van der Waals surface area contributed by atoms with Crippen LogP contribution in [0.3, 0.4) is 0 Å². The molecule has 78 valence electrons. The molecular formula is C8H15N5O. The fourth-order valence-electron chi connectivity index (χ4n) is 1.21. The number of H-pyrrole nitrogens is 1. The van der Waals surface area contributed by atoms with Gasteiger partial charge in [0.05, 0.1) is 0 Å². The van der Waals surface area contributed by atoms with Crippen molar-refractivity contribution in [3.05, 3.63) is 5.82 Å². The number of nitrogens with one attached hydrogen (secondary N) is 1. The van der Waals surface area contributed by atoms with Gasteiger partial charge in [-0.1, -0.05) is 20.8 Å². The second-order valence-electron chi connectivity index (χ2n) is 4.46. The van der Waals surface area contributed by atoms with E-state index >= 15 is 0 Å². The minimum atomic E-state index is -0.214. The molecule has 0 fully saturated rings. The lowest BCUT2D eigenvalue weighted by Crippen LogP contribution is -2.35. The van der Waals surface area contributed by atoms with Crippen LogP contribution in [-0.4, -0.2) is 45.0 Å². The zero-order chi connectivity index (χ0) is 10.8. The lowest BCUT2D eigenvalue weighted by atomic mass is 9.96. The van der Waals surface area contributed by atoms with Gasteiger partial charge in [-0.15, -0.1) is 10.2 Å². The third kappa shape index (κ3) is 2.79.